The van der Waals surface area contributed by atoms with E-state index >= 15 is 0 Å². The van der Waals surface area contributed by atoms with E-state index in [4.69, 9.17) is 16.0 Å². The summed E-state index contributed by atoms with van der Waals surface area (Å²) in [4.78, 5) is 37.3. The van der Waals surface area contributed by atoms with Crippen LogP contribution in [0, 0.1) is 17.0 Å². The van der Waals surface area contributed by atoms with Crippen molar-refractivity contribution in [3.63, 3.8) is 0 Å². The van der Waals surface area contributed by atoms with Gasteiger partial charge in [0.15, 0.2) is 0 Å². The van der Waals surface area contributed by atoms with E-state index in [2.05, 4.69) is 0 Å². The number of nitro groups is 1. The first-order valence-corrected chi connectivity index (χ1v) is 10.4. The molecule has 1 fully saturated rings. The number of nitrogens with zero attached hydrogens (tertiary/aromatic N) is 2. The lowest BCUT2D eigenvalue weighted by atomic mass is 10.1. The SMILES string of the molecule is Cc1ccc(-c2ccc(/C=C3\SC(=O)N(Cc4ccccc4Cl)C3=O)o2)c([N+](=O)[O-])c1. The Morgan fingerprint density at radius 2 is 1.94 bits per heavy atom. The Balaban J connectivity index is 1.59. The summed E-state index contributed by atoms with van der Waals surface area (Å²) < 4.78 is 5.72. The van der Waals surface area contributed by atoms with Crippen LogP contribution in [0.3, 0.4) is 0 Å². The molecule has 0 N–H and O–H groups in total. The number of nitro benzene ring substituents is 1. The molecule has 4 rings (SSSR count). The third-order valence-electron chi connectivity index (χ3n) is 4.68. The number of carbonyl (C=O) groups excluding carboxylic acids is 2. The van der Waals surface area contributed by atoms with Crippen molar-refractivity contribution in [1.29, 1.82) is 0 Å². The molecule has 31 heavy (non-hydrogen) atoms. The molecule has 1 aliphatic heterocycles. The van der Waals surface area contributed by atoms with Gasteiger partial charge in [0.05, 0.1) is 21.9 Å². The molecule has 3 aromatic rings. The van der Waals surface area contributed by atoms with Gasteiger partial charge in [-0.3, -0.25) is 24.6 Å². The van der Waals surface area contributed by atoms with Crippen molar-refractivity contribution < 1.29 is 18.9 Å². The fraction of sp³-hybridized carbons (Fsp3) is 0.0909. The molecule has 0 bridgehead atoms. The highest BCUT2D eigenvalue weighted by atomic mass is 35.5. The lowest BCUT2D eigenvalue weighted by Gasteiger charge is -2.13. The van der Waals surface area contributed by atoms with Crippen LogP contribution in [0.1, 0.15) is 16.9 Å². The normalized spacial score (nSPS) is 15.2. The first kappa shape index (κ1) is 20.9. The van der Waals surface area contributed by atoms with Gasteiger partial charge in [-0.1, -0.05) is 35.9 Å². The molecule has 1 saturated heterocycles. The maximum atomic E-state index is 12.7. The molecule has 0 saturated carbocycles. The first-order valence-electron chi connectivity index (χ1n) is 9.17. The van der Waals surface area contributed by atoms with Crippen LogP contribution >= 0.6 is 23.4 Å². The average molecular weight is 455 g/mol. The molecule has 0 unspecified atom stereocenters. The summed E-state index contributed by atoms with van der Waals surface area (Å²) in [7, 11) is 0. The Kier molecular flexibility index (Phi) is 5.67. The third kappa shape index (κ3) is 4.26. The van der Waals surface area contributed by atoms with Gasteiger partial charge < -0.3 is 4.42 Å². The van der Waals surface area contributed by atoms with Gasteiger partial charge in [0, 0.05) is 17.2 Å². The number of imide groups is 1. The number of carbonyl (C=O) groups is 2. The number of furan rings is 1. The van der Waals surface area contributed by atoms with Gasteiger partial charge in [0.2, 0.25) is 0 Å². The highest BCUT2D eigenvalue weighted by Crippen LogP contribution is 2.36. The summed E-state index contributed by atoms with van der Waals surface area (Å²) in [5.74, 6) is 0.163. The maximum absolute atomic E-state index is 12.7. The molecule has 156 valence electrons. The van der Waals surface area contributed by atoms with Crippen LogP contribution in [0.15, 0.2) is 63.9 Å². The van der Waals surface area contributed by atoms with Crippen LogP contribution in [0.25, 0.3) is 17.4 Å². The Labute approximate surface area is 186 Å². The van der Waals surface area contributed by atoms with Crippen LogP contribution in [-0.4, -0.2) is 21.0 Å². The van der Waals surface area contributed by atoms with Crippen molar-refractivity contribution >= 4 is 46.3 Å². The molecule has 9 heteroatoms. The minimum Gasteiger partial charge on any atom is -0.456 e. The van der Waals surface area contributed by atoms with E-state index in [1.165, 1.54) is 12.1 Å². The first-order chi connectivity index (χ1) is 14.8. The van der Waals surface area contributed by atoms with Gasteiger partial charge >= 0.3 is 0 Å². The second-order valence-corrected chi connectivity index (χ2v) is 8.24. The summed E-state index contributed by atoms with van der Waals surface area (Å²) in [5, 5.41) is 11.4. The molecular formula is C22H15ClN2O5S. The van der Waals surface area contributed by atoms with Gasteiger partial charge in [-0.25, -0.2) is 0 Å². The van der Waals surface area contributed by atoms with E-state index in [9.17, 15) is 19.7 Å². The van der Waals surface area contributed by atoms with Crippen molar-refractivity contribution in [3.8, 4) is 11.3 Å². The Hall–Kier alpha value is -3.36. The highest BCUT2D eigenvalue weighted by molar-refractivity contribution is 8.18. The molecule has 2 heterocycles. The van der Waals surface area contributed by atoms with Crippen LogP contribution in [-0.2, 0) is 11.3 Å². The van der Waals surface area contributed by atoms with Crippen LogP contribution < -0.4 is 0 Å². The Bertz CT molecular complexity index is 1250. The zero-order valence-electron chi connectivity index (χ0n) is 16.2. The summed E-state index contributed by atoms with van der Waals surface area (Å²) in [6.07, 6.45) is 1.46. The predicted octanol–water partition coefficient (Wildman–Crippen LogP) is 6.05. The highest BCUT2D eigenvalue weighted by Gasteiger charge is 2.35. The molecule has 0 radical (unpaired) electrons. The molecule has 1 aliphatic rings. The number of rotatable bonds is 5. The zero-order chi connectivity index (χ0) is 22.1. The smallest absolute Gasteiger partial charge is 0.293 e. The second-order valence-electron chi connectivity index (χ2n) is 6.84. The van der Waals surface area contributed by atoms with Crippen LogP contribution in [0.4, 0.5) is 10.5 Å². The quantitative estimate of drug-likeness (QED) is 0.264. The monoisotopic (exact) mass is 454 g/mol. The minimum atomic E-state index is -0.468. The average Bonchev–Trinajstić information content (AvgIpc) is 3.29. The second kappa shape index (κ2) is 8.41. The number of aryl methyl sites for hydroxylation is 1. The lowest BCUT2D eigenvalue weighted by Crippen LogP contribution is -2.27. The molecule has 1 aromatic heterocycles. The van der Waals surface area contributed by atoms with Gasteiger partial charge in [0.25, 0.3) is 16.8 Å². The predicted molar refractivity (Wildman–Crippen MR) is 119 cm³/mol. The Morgan fingerprint density at radius 1 is 1.16 bits per heavy atom. The molecule has 0 spiro atoms. The number of benzene rings is 2. The van der Waals surface area contributed by atoms with Crippen molar-refractivity contribution in [3.05, 3.63) is 91.5 Å². The molecule has 0 atom stereocenters. The minimum absolute atomic E-state index is 0.0686. The van der Waals surface area contributed by atoms with Gasteiger partial charge in [0.1, 0.15) is 11.5 Å². The third-order valence-corrected chi connectivity index (χ3v) is 5.95. The Morgan fingerprint density at radius 3 is 2.68 bits per heavy atom. The number of hydrogen-bond acceptors (Lipinski definition) is 6. The van der Waals surface area contributed by atoms with Gasteiger partial charge in [-0.2, -0.15) is 0 Å². The fourth-order valence-electron chi connectivity index (χ4n) is 3.14. The molecular weight excluding hydrogens is 440 g/mol. The summed E-state index contributed by atoms with van der Waals surface area (Å²) in [6, 6.07) is 15.0. The lowest BCUT2D eigenvalue weighted by molar-refractivity contribution is -0.384. The maximum Gasteiger partial charge on any atom is 0.293 e. The van der Waals surface area contributed by atoms with Crippen molar-refractivity contribution in [2.45, 2.75) is 13.5 Å². The van der Waals surface area contributed by atoms with Crippen molar-refractivity contribution in [1.82, 2.24) is 4.90 Å². The van der Waals surface area contributed by atoms with Gasteiger partial charge in [-0.15, -0.1) is 0 Å². The fourth-order valence-corrected chi connectivity index (χ4v) is 4.15. The van der Waals surface area contributed by atoms with Crippen LogP contribution in [0.5, 0.6) is 0 Å². The van der Waals surface area contributed by atoms with Crippen molar-refractivity contribution in [2.24, 2.45) is 0 Å². The van der Waals surface area contributed by atoms with E-state index in [0.717, 1.165) is 22.2 Å². The van der Waals surface area contributed by atoms with E-state index in [1.807, 2.05) is 0 Å². The number of hydrogen-bond donors (Lipinski definition) is 0. The topological polar surface area (TPSA) is 93.7 Å². The summed E-state index contributed by atoms with van der Waals surface area (Å²) in [5.41, 5.74) is 1.69. The molecule has 0 aliphatic carbocycles. The van der Waals surface area contributed by atoms with Crippen molar-refractivity contribution in [2.75, 3.05) is 0 Å². The number of thioether (sulfide) groups is 1. The standard InChI is InChI=1S/C22H15ClN2O5S/c1-13-6-8-16(18(10-13)25(28)29)19-9-7-15(30-19)11-20-21(26)24(22(27)31-20)12-14-4-2-3-5-17(14)23/h2-11H,12H2,1H3/b20-11-. The van der Waals surface area contributed by atoms with E-state index in [-0.39, 0.29) is 17.1 Å². The summed E-state index contributed by atoms with van der Waals surface area (Å²) in [6.45, 7) is 1.84. The largest absolute Gasteiger partial charge is 0.456 e. The van der Waals surface area contributed by atoms with Crippen LogP contribution in [0.2, 0.25) is 5.02 Å². The number of amides is 2. The molecule has 2 amide bonds. The van der Waals surface area contributed by atoms with E-state index in [0.29, 0.717) is 27.7 Å². The number of halogens is 1. The van der Waals surface area contributed by atoms with Gasteiger partial charge in [-0.05, 0) is 54.1 Å². The molecule has 2 aromatic carbocycles. The van der Waals surface area contributed by atoms with E-state index < -0.39 is 16.1 Å². The molecule has 7 nitrogen and oxygen atoms in total. The van der Waals surface area contributed by atoms with E-state index in [1.54, 1.807) is 55.5 Å². The zero-order valence-corrected chi connectivity index (χ0v) is 17.8. The summed E-state index contributed by atoms with van der Waals surface area (Å²) >= 11 is 6.94.